The molecule has 0 spiro atoms. The largest absolute Gasteiger partial charge is 0.478 e. The van der Waals surface area contributed by atoms with Crippen molar-refractivity contribution in [3.05, 3.63) is 69.1 Å². The first-order valence-electron chi connectivity index (χ1n) is 5.25. The van der Waals surface area contributed by atoms with Crippen molar-refractivity contribution in [1.82, 2.24) is 4.57 Å². The monoisotopic (exact) mass is 263 g/mol. The van der Waals surface area contributed by atoms with Gasteiger partial charge in [-0.2, -0.15) is 0 Å². The van der Waals surface area contributed by atoms with Crippen molar-refractivity contribution in [3.63, 3.8) is 0 Å². The van der Waals surface area contributed by atoms with E-state index in [1.807, 2.05) is 0 Å². The highest BCUT2D eigenvalue weighted by molar-refractivity contribution is 6.30. The van der Waals surface area contributed by atoms with Crippen LogP contribution in [0.15, 0.2) is 47.4 Å². The molecule has 0 saturated carbocycles. The van der Waals surface area contributed by atoms with Crippen molar-refractivity contribution in [1.29, 1.82) is 0 Å². The molecule has 5 heteroatoms. The van der Waals surface area contributed by atoms with Crippen LogP contribution in [0.2, 0.25) is 5.02 Å². The summed E-state index contributed by atoms with van der Waals surface area (Å²) in [4.78, 5) is 22.7. The molecule has 92 valence electrons. The highest BCUT2D eigenvalue weighted by atomic mass is 35.5. The Morgan fingerprint density at radius 1 is 1.22 bits per heavy atom. The zero-order valence-electron chi connectivity index (χ0n) is 9.34. The standard InChI is InChI=1S/C13H10ClNO3/c14-10-5-6-12(16)15(8-10)7-9-3-1-2-4-11(9)13(17)18/h1-6,8H,7H2,(H,17,18). The van der Waals surface area contributed by atoms with Crippen molar-refractivity contribution in [2.45, 2.75) is 6.54 Å². The Kier molecular flexibility index (Phi) is 3.48. The van der Waals surface area contributed by atoms with Gasteiger partial charge >= 0.3 is 5.97 Å². The Hall–Kier alpha value is -2.07. The van der Waals surface area contributed by atoms with Gasteiger partial charge in [0.1, 0.15) is 0 Å². The Bertz CT molecular complexity index is 649. The number of aromatic nitrogens is 1. The molecule has 18 heavy (non-hydrogen) atoms. The van der Waals surface area contributed by atoms with Crippen LogP contribution < -0.4 is 5.56 Å². The van der Waals surface area contributed by atoms with E-state index in [4.69, 9.17) is 16.7 Å². The maximum absolute atomic E-state index is 11.6. The fourth-order valence-corrected chi connectivity index (χ4v) is 1.86. The molecule has 0 amide bonds. The van der Waals surface area contributed by atoms with Crippen molar-refractivity contribution >= 4 is 17.6 Å². The number of pyridine rings is 1. The van der Waals surface area contributed by atoms with E-state index < -0.39 is 5.97 Å². The van der Waals surface area contributed by atoms with Crippen LogP contribution in [0.5, 0.6) is 0 Å². The first kappa shape index (κ1) is 12.4. The van der Waals surface area contributed by atoms with Crippen LogP contribution >= 0.6 is 11.6 Å². The Morgan fingerprint density at radius 3 is 2.67 bits per heavy atom. The summed E-state index contributed by atoms with van der Waals surface area (Å²) in [5.74, 6) is -1.01. The Balaban J connectivity index is 2.43. The number of halogens is 1. The molecule has 1 aromatic carbocycles. The predicted molar refractivity (Wildman–Crippen MR) is 68.2 cm³/mol. The molecule has 0 atom stereocenters. The SMILES string of the molecule is O=C(O)c1ccccc1Cn1cc(Cl)ccc1=O. The zero-order valence-corrected chi connectivity index (χ0v) is 10.1. The normalized spacial score (nSPS) is 10.3. The molecule has 4 nitrogen and oxygen atoms in total. The number of hydrogen-bond donors (Lipinski definition) is 1. The molecular weight excluding hydrogens is 254 g/mol. The second kappa shape index (κ2) is 5.06. The highest BCUT2D eigenvalue weighted by Crippen LogP contribution is 2.11. The lowest BCUT2D eigenvalue weighted by Gasteiger charge is -2.08. The van der Waals surface area contributed by atoms with Gasteiger partial charge in [-0.15, -0.1) is 0 Å². The van der Waals surface area contributed by atoms with Crippen LogP contribution in [0.3, 0.4) is 0 Å². The van der Waals surface area contributed by atoms with E-state index in [0.29, 0.717) is 10.6 Å². The fourth-order valence-electron chi connectivity index (χ4n) is 1.68. The molecule has 0 saturated heterocycles. The second-order valence-electron chi connectivity index (χ2n) is 3.78. The van der Waals surface area contributed by atoms with E-state index in [0.717, 1.165) is 0 Å². The molecule has 1 heterocycles. The molecule has 2 rings (SSSR count). The number of carboxylic acid groups (broad SMARTS) is 1. The van der Waals surface area contributed by atoms with E-state index in [-0.39, 0.29) is 17.7 Å². The first-order valence-corrected chi connectivity index (χ1v) is 5.63. The molecule has 0 unspecified atom stereocenters. The summed E-state index contributed by atoms with van der Waals surface area (Å²) in [5.41, 5.74) is 0.526. The lowest BCUT2D eigenvalue weighted by atomic mass is 10.1. The summed E-state index contributed by atoms with van der Waals surface area (Å²) in [6.45, 7) is 0.182. The van der Waals surface area contributed by atoms with Crippen LogP contribution in [0, 0.1) is 0 Å². The van der Waals surface area contributed by atoms with E-state index in [9.17, 15) is 9.59 Å². The molecule has 0 aliphatic heterocycles. The third-order valence-corrected chi connectivity index (χ3v) is 2.76. The lowest BCUT2D eigenvalue weighted by Crippen LogP contribution is -2.20. The molecule has 0 aliphatic rings. The average molecular weight is 264 g/mol. The van der Waals surface area contributed by atoms with E-state index >= 15 is 0 Å². The minimum Gasteiger partial charge on any atom is -0.478 e. The van der Waals surface area contributed by atoms with Crippen molar-refractivity contribution in [2.24, 2.45) is 0 Å². The Labute approximate surface area is 108 Å². The van der Waals surface area contributed by atoms with Crippen molar-refractivity contribution in [2.75, 3.05) is 0 Å². The Morgan fingerprint density at radius 2 is 1.94 bits per heavy atom. The number of rotatable bonds is 3. The number of nitrogens with zero attached hydrogens (tertiary/aromatic N) is 1. The van der Waals surface area contributed by atoms with E-state index in [1.165, 1.54) is 29.0 Å². The molecule has 1 aromatic heterocycles. The minimum absolute atomic E-state index is 0.182. The number of benzene rings is 1. The lowest BCUT2D eigenvalue weighted by molar-refractivity contribution is 0.0695. The average Bonchev–Trinajstić information content (AvgIpc) is 2.34. The molecule has 1 N–H and O–H groups in total. The van der Waals surface area contributed by atoms with Gasteiger partial charge in [-0.1, -0.05) is 29.8 Å². The van der Waals surface area contributed by atoms with Gasteiger partial charge in [0.2, 0.25) is 0 Å². The second-order valence-corrected chi connectivity index (χ2v) is 4.21. The highest BCUT2D eigenvalue weighted by Gasteiger charge is 2.09. The molecule has 0 radical (unpaired) electrons. The summed E-state index contributed by atoms with van der Waals surface area (Å²) >= 11 is 5.81. The summed E-state index contributed by atoms with van der Waals surface area (Å²) in [6, 6.07) is 9.42. The topological polar surface area (TPSA) is 59.3 Å². The molecule has 2 aromatic rings. The van der Waals surface area contributed by atoms with Crippen molar-refractivity contribution < 1.29 is 9.90 Å². The van der Waals surface area contributed by atoms with Crippen LogP contribution in [0.25, 0.3) is 0 Å². The predicted octanol–water partition coefficient (Wildman–Crippen LogP) is 2.25. The van der Waals surface area contributed by atoms with E-state index in [2.05, 4.69) is 0 Å². The first-order chi connectivity index (χ1) is 8.58. The van der Waals surface area contributed by atoms with Gasteiger partial charge in [-0.25, -0.2) is 4.79 Å². The summed E-state index contributed by atoms with van der Waals surface area (Å²) in [6.07, 6.45) is 1.49. The van der Waals surface area contributed by atoms with Gasteiger partial charge < -0.3 is 9.67 Å². The van der Waals surface area contributed by atoms with Gasteiger partial charge in [0, 0.05) is 12.3 Å². The molecule has 0 aliphatic carbocycles. The summed E-state index contributed by atoms with van der Waals surface area (Å²) in [7, 11) is 0. The number of carboxylic acids is 1. The van der Waals surface area contributed by atoms with E-state index in [1.54, 1.807) is 18.2 Å². The van der Waals surface area contributed by atoms with Crippen LogP contribution in [0.1, 0.15) is 15.9 Å². The number of aromatic carboxylic acids is 1. The summed E-state index contributed by atoms with van der Waals surface area (Å²) < 4.78 is 1.38. The fraction of sp³-hybridized carbons (Fsp3) is 0.0769. The van der Waals surface area contributed by atoms with Crippen LogP contribution in [-0.2, 0) is 6.54 Å². The minimum atomic E-state index is -1.01. The number of hydrogen-bond acceptors (Lipinski definition) is 2. The van der Waals surface area contributed by atoms with Gasteiger partial charge in [-0.05, 0) is 17.7 Å². The van der Waals surface area contributed by atoms with Crippen LogP contribution in [0.4, 0.5) is 0 Å². The zero-order chi connectivity index (χ0) is 13.1. The third kappa shape index (κ3) is 2.60. The maximum atomic E-state index is 11.6. The quantitative estimate of drug-likeness (QED) is 0.924. The molecule has 0 fully saturated rings. The molecular formula is C13H10ClNO3. The third-order valence-electron chi connectivity index (χ3n) is 2.54. The number of carbonyl (C=O) groups is 1. The van der Waals surface area contributed by atoms with Gasteiger partial charge in [0.05, 0.1) is 17.1 Å². The maximum Gasteiger partial charge on any atom is 0.336 e. The molecule has 0 bridgehead atoms. The van der Waals surface area contributed by atoms with Crippen molar-refractivity contribution in [3.8, 4) is 0 Å². The van der Waals surface area contributed by atoms with Gasteiger partial charge in [0.15, 0.2) is 0 Å². The smallest absolute Gasteiger partial charge is 0.336 e. The summed E-state index contributed by atoms with van der Waals surface area (Å²) in [5, 5.41) is 9.49. The van der Waals surface area contributed by atoms with Gasteiger partial charge in [-0.3, -0.25) is 4.79 Å². The van der Waals surface area contributed by atoms with Gasteiger partial charge in [0.25, 0.3) is 5.56 Å². The van der Waals surface area contributed by atoms with Crippen LogP contribution in [-0.4, -0.2) is 15.6 Å².